The van der Waals surface area contributed by atoms with Gasteiger partial charge in [-0.05, 0) is 47.9 Å². The standard InChI is InChI=1S/C26H27NO5S2/c1-2-3-4-5-6-10-18-33-23-17-16-22-24-20(23)14-11-15-21(24)25(28)27(26(22)29)32-34(30,31)19-12-8-7-9-13-19/h7-9,11-17H,2-6,10,18H2,1H3. The second-order valence-corrected chi connectivity index (χ2v) is 10.9. The SMILES string of the molecule is CCCCCCCCSc1ccc2c3c(cccc13)C(=O)N(OS(=O)(=O)c1ccccc1)C2=O. The van der Waals surface area contributed by atoms with E-state index >= 15 is 0 Å². The topological polar surface area (TPSA) is 80.8 Å². The van der Waals surface area contributed by atoms with Crippen molar-refractivity contribution in [2.75, 3.05) is 5.75 Å². The van der Waals surface area contributed by atoms with Crippen LogP contribution in [0.15, 0.2) is 70.5 Å². The predicted octanol–water partition coefficient (Wildman–Crippen LogP) is 6.21. The van der Waals surface area contributed by atoms with Crippen LogP contribution < -0.4 is 0 Å². The first-order valence-electron chi connectivity index (χ1n) is 11.5. The Morgan fingerprint density at radius 2 is 1.47 bits per heavy atom. The van der Waals surface area contributed by atoms with Gasteiger partial charge in [0, 0.05) is 10.3 Å². The number of amides is 2. The fourth-order valence-corrected chi connectivity index (χ4v) is 6.00. The van der Waals surface area contributed by atoms with Crippen molar-refractivity contribution in [3.8, 4) is 0 Å². The van der Waals surface area contributed by atoms with E-state index in [2.05, 4.69) is 6.92 Å². The normalized spacial score (nSPS) is 13.6. The van der Waals surface area contributed by atoms with Crippen molar-refractivity contribution in [3.63, 3.8) is 0 Å². The fourth-order valence-electron chi connectivity index (χ4n) is 4.03. The van der Waals surface area contributed by atoms with Crippen molar-refractivity contribution in [1.82, 2.24) is 5.06 Å². The zero-order valence-corrected chi connectivity index (χ0v) is 20.7. The first-order chi connectivity index (χ1) is 16.4. The van der Waals surface area contributed by atoms with Crippen LogP contribution in [0.1, 0.15) is 66.2 Å². The lowest BCUT2D eigenvalue weighted by Gasteiger charge is -2.26. The van der Waals surface area contributed by atoms with Crippen LogP contribution in [0.4, 0.5) is 0 Å². The van der Waals surface area contributed by atoms with Gasteiger partial charge in [0.25, 0.3) is 11.8 Å². The number of hydrogen-bond donors (Lipinski definition) is 0. The molecule has 0 unspecified atom stereocenters. The highest BCUT2D eigenvalue weighted by Crippen LogP contribution is 2.37. The maximum atomic E-state index is 13.1. The van der Waals surface area contributed by atoms with Gasteiger partial charge in [-0.1, -0.05) is 69.4 Å². The van der Waals surface area contributed by atoms with Gasteiger partial charge >= 0.3 is 10.1 Å². The number of hydrogen-bond acceptors (Lipinski definition) is 6. The molecule has 0 N–H and O–H groups in total. The molecule has 1 aliphatic heterocycles. The molecule has 0 atom stereocenters. The van der Waals surface area contributed by atoms with Gasteiger partial charge in [0.05, 0.1) is 16.0 Å². The number of imide groups is 1. The highest BCUT2D eigenvalue weighted by Gasteiger charge is 2.38. The maximum absolute atomic E-state index is 13.1. The molecule has 1 aliphatic rings. The molecule has 0 radical (unpaired) electrons. The number of carbonyl (C=O) groups excluding carboxylic acids is 2. The van der Waals surface area contributed by atoms with E-state index in [0.29, 0.717) is 10.4 Å². The molecule has 4 rings (SSSR count). The largest absolute Gasteiger partial charge is 0.318 e. The Kier molecular flexibility index (Phi) is 7.70. The molecule has 0 saturated carbocycles. The van der Waals surface area contributed by atoms with Crippen molar-refractivity contribution in [3.05, 3.63) is 71.8 Å². The molecule has 0 aromatic heterocycles. The maximum Gasteiger partial charge on any atom is 0.318 e. The van der Waals surface area contributed by atoms with Gasteiger partial charge in [0.2, 0.25) is 0 Å². The van der Waals surface area contributed by atoms with Gasteiger partial charge in [-0.15, -0.1) is 21.1 Å². The lowest BCUT2D eigenvalue weighted by atomic mass is 9.95. The minimum absolute atomic E-state index is 0.138. The summed E-state index contributed by atoms with van der Waals surface area (Å²) in [5, 5.41) is 1.71. The Hall–Kier alpha value is -2.68. The molecule has 8 heteroatoms. The fraction of sp³-hybridized carbons (Fsp3) is 0.308. The summed E-state index contributed by atoms with van der Waals surface area (Å²) in [6.45, 7) is 2.21. The highest BCUT2D eigenvalue weighted by molar-refractivity contribution is 7.99. The molecule has 34 heavy (non-hydrogen) atoms. The molecule has 2 amide bonds. The molecule has 0 saturated heterocycles. The van der Waals surface area contributed by atoms with Crippen LogP contribution in [0.3, 0.4) is 0 Å². The molecule has 0 bridgehead atoms. The zero-order valence-electron chi connectivity index (χ0n) is 19.0. The zero-order chi connectivity index (χ0) is 24.1. The second kappa shape index (κ2) is 10.7. The predicted molar refractivity (Wildman–Crippen MR) is 133 cm³/mol. The number of thioether (sulfide) groups is 1. The number of nitrogens with zero attached hydrogens (tertiary/aromatic N) is 1. The summed E-state index contributed by atoms with van der Waals surface area (Å²) in [5.74, 6) is -0.626. The van der Waals surface area contributed by atoms with Gasteiger partial charge in [-0.3, -0.25) is 9.59 Å². The molecule has 3 aromatic carbocycles. The molecule has 6 nitrogen and oxygen atoms in total. The molecule has 3 aromatic rings. The van der Waals surface area contributed by atoms with Gasteiger partial charge in [-0.25, -0.2) is 0 Å². The first-order valence-corrected chi connectivity index (χ1v) is 13.9. The quantitative estimate of drug-likeness (QED) is 0.178. The summed E-state index contributed by atoms with van der Waals surface area (Å²) in [6, 6.07) is 16.2. The van der Waals surface area contributed by atoms with Gasteiger partial charge in [-0.2, -0.15) is 8.42 Å². The summed E-state index contributed by atoms with van der Waals surface area (Å²) in [7, 11) is -4.35. The molecule has 0 aliphatic carbocycles. The van der Waals surface area contributed by atoms with Crippen molar-refractivity contribution < 1.29 is 22.3 Å². The van der Waals surface area contributed by atoms with E-state index in [1.807, 2.05) is 12.1 Å². The van der Waals surface area contributed by atoms with Crippen LogP contribution in [0.5, 0.6) is 0 Å². The molecule has 178 valence electrons. The van der Waals surface area contributed by atoms with Crippen LogP contribution in [-0.2, 0) is 14.4 Å². The lowest BCUT2D eigenvalue weighted by Crippen LogP contribution is -2.41. The first kappa shape index (κ1) is 24.4. The summed E-state index contributed by atoms with van der Waals surface area (Å²) < 4.78 is 30.3. The Morgan fingerprint density at radius 3 is 2.21 bits per heavy atom. The van der Waals surface area contributed by atoms with Crippen LogP contribution in [0, 0.1) is 0 Å². The van der Waals surface area contributed by atoms with Gasteiger partial charge in [0.1, 0.15) is 0 Å². The summed E-state index contributed by atoms with van der Waals surface area (Å²) >= 11 is 1.71. The highest BCUT2D eigenvalue weighted by atomic mass is 32.2. The second-order valence-electron chi connectivity index (χ2n) is 8.20. The lowest BCUT2D eigenvalue weighted by molar-refractivity contribution is -0.0155. The van der Waals surface area contributed by atoms with E-state index < -0.39 is 21.9 Å². The van der Waals surface area contributed by atoms with Crippen LogP contribution in [0.2, 0.25) is 0 Å². The van der Waals surface area contributed by atoms with E-state index in [1.54, 1.807) is 36.0 Å². The van der Waals surface area contributed by atoms with Crippen LogP contribution in [-0.4, -0.2) is 31.0 Å². The Labute approximate surface area is 204 Å². The Balaban J connectivity index is 1.56. The number of benzene rings is 3. The van der Waals surface area contributed by atoms with E-state index in [1.165, 1.54) is 56.4 Å². The molecular formula is C26H27NO5S2. The van der Waals surface area contributed by atoms with Crippen molar-refractivity contribution in [2.45, 2.75) is 55.2 Å². The minimum Gasteiger partial charge on any atom is -0.266 e. The van der Waals surface area contributed by atoms with Crippen molar-refractivity contribution in [2.24, 2.45) is 0 Å². The van der Waals surface area contributed by atoms with E-state index in [4.69, 9.17) is 4.28 Å². The van der Waals surface area contributed by atoms with Crippen LogP contribution >= 0.6 is 11.8 Å². The Morgan fingerprint density at radius 1 is 0.794 bits per heavy atom. The number of rotatable bonds is 11. The van der Waals surface area contributed by atoms with Crippen molar-refractivity contribution >= 4 is 44.5 Å². The molecule has 1 heterocycles. The van der Waals surface area contributed by atoms with E-state index in [0.717, 1.165) is 22.5 Å². The molecular weight excluding hydrogens is 470 g/mol. The smallest absolute Gasteiger partial charge is 0.266 e. The summed E-state index contributed by atoms with van der Waals surface area (Å²) in [5.41, 5.74) is 0.495. The summed E-state index contributed by atoms with van der Waals surface area (Å²) in [4.78, 5) is 27.1. The number of carbonyl (C=O) groups is 2. The van der Waals surface area contributed by atoms with Crippen molar-refractivity contribution in [1.29, 1.82) is 0 Å². The monoisotopic (exact) mass is 497 g/mol. The average Bonchev–Trinajstić information content (AvgIpc) is 2.85. The number of unbranched alkanes of at least 4 members (excludes halogenated alkanes) is 5. The van der Waals surface area contributed by atoms with Gasteiger partial charge in [0.15, 0.2) is 0 Å². The third kappa shape index (κ3) is 5.04. The molecule has 0 spiro atoms. The van der Waals surface area contributed by atoms with E-state index in [9.17, 15) is 18.0 Å². The van der Waals surface area contributed by atoms with Crippen LogP contribution in [0.25, 0.3) is 10.8 Å². The minimum atomic E-state index is -4.35. The molecule has 0 fully saturated rings. The third-order valence-electron chi connectivity index (χ3n) is 5.79. The summed E-state index contributed by atoms with van der Waals surface area (Å²) in [6.07, 6.45) is 7.31. The van der Waals surface area contributed by atoms with E-state index in [-0.39, 0.29) is 16.0 Å². The average molecular weight is 498 g/mol. The number of hydroxylamine groups is 2. The van der Waals surface area contributed by atoms with Gasteiger partial charge < -0.3 is 0 Å². The third-order valence-corrected chi connectivity index (χ3v) is 8.14. The Bertz CT molecular complexity index is 1280.